The highest BCUT2D eigenvalue weighted by Crippen LogP contribution is 2.18. The minimum absolute atomic E-state index is 0.0647. The summed E-state index contributed by atoms with van der Waals surface area (Å²) in [7, 11) is 0. The van der Waals surface area contributed by atoms with Crippen molar-refractivity contribution in [3.05, 3.63) is 70.2 Å². The molecular formula is C23H29ClN2O2. The summed E-state index contributed by atoms with van der Waals surface area (Å²) in [4.78, 5) is 27.4. The van der Waals surface area contributed by atoms with Crippen LogP contribution in [0.3, 0.4) is 0 Å². The predicted octanol–water partition coefficient (Wildman–Crippen LogP) is 4.52. The van der Waals surface area contributed by atoms with Gasteiger partial charge in [0.2, 0.25) is 11.8 Å². The number of rotatable bonds is 8. The maximum Gasteiger partial charge on any atom is 0.242 e. The Hall–Kier alpha value is -2.33. The van der Waals surface area contributed by atoms with E-state index in [0.29, 0.717) is 11.6 Å². The van der Waals surface area contributed by atoms with Gasteiger partial charge in [-0.2, -0.15) is 0 Å². The number of halogens is 1. The number of nitrogens with zero attached hydrogens (tertiary/aromatic N) is 1. The molecule has 150 valence electrons. The average molecular weight is 401 g/mol. The lowest BCUT2D eigenvalue weighted by Crippen LogP contribution is -2.49. The number of carbonyl (C=O) groups is 2. The topological polar surface area (TPSA) is 49.4 Å². The number of nitrogens with one attached hydrogen (secondary N) is 1. The first-order valence-corrected chi connectivity index (χ1v) is 10.1. The minimum atomic E-state index is -0.578. The summed E-state index contributed by atoms with van der Waals surface area (Å²) >= 11 is 6.23. The molecule has 0 fully saturated rings. The smallest absolute Gasteiger partial charge is 0.242 e. The molecule has 2 atom stereocenters. The number of amides is 2. The van der Waals surface area contributed by atoms with Gasteiger partial charge in [0.1, 0.15) is 6.04 Å². The van der Waals surface area contributed by atoms with E-state index in [1.165, 1.54) is 0 Å². The van der Waals surface area contributed by atoms with Crippen LogP contribution in [0.25, 0.3) is 0 Å². The summed E-state index contributed by atoms with van der Waals surface area (Å²) in [5.74, 6) is -0.269. The first-order valence-electron chi connectivity index (χ1n) is 9.70. The lowest BCUT2D eigenvalue weighted by Gasteiger charge is -2.30. The molecule has 0 saturated carbocycles. The molecule has 0 aliphatic heterocycles. The van der Waals surface area contributed by atoms with Gasteiger partial charge in [-0.15, -0.1) is 0 Å². The van der Waals surface area contributed by atoms with Gasteiger partial charge in [-0.3, -0.25) is 9.59 Å². The molecule has 28 heavy (non-hydrogen) atoms. The van der Waals surface area contributed by atoms with Crippen molar-refractivity contribution in [1.29, 1.82) is 0 Å². The number of hydrogen-bond acceptors (Lipinski definition) is 2. The fourth-order valence-corrected chi connectivity index (χ4v) is 3.05. The molecule has 0 aliphatic carbocycles. The van der Waals surface area contributed by atoms with Crippen molar-refractivity contribution < 1.29 is 9.59 Å². The van der Waals surface area contributed by atoms with E-state index in [1.807, 2.05) is 63.2 Å². The van der Waals surface area contributed by atoms with Crippen LogP contribution in [-0.2, 0) is 22.6 Å². The molecule has 4 nitrogen and oxygen atoms in total. The first-order chi connectivity index (χ1) is 13.3. The van der Waals surface area contributed by atoms with Crippen LogP contribution in [0.2, 0.25) is 5.02 Å². The Morgan fingerprint density at radius 3 is 2.32 bits per heavy atom. The lowest BCUT2D eigenvalue weighted by atomic mass is 10.1. The second-order valence-electron chi connectivity index (χ2n) is 7.27. The molecule has 2 amide bonds. The van der Waals surface area contributed by atoms with Crippen molar-refractivity contribution in [2.24, 2.45) is 0 Å². The lowest BCUT2D eigenvalue weighted by molar-refractivity contribution is -0.140. The molecule has 0 bridgehead atoms. The highest BCUT2D eigenvalue weighted by atomic mass is 35.5. The quantitative estimate of drug-likeness (QED) is 0.708. The van der Waals surface area contributed by atoms with E-state index < -0.39 is 6.04 Å². The molecule has 0 saturated heterocycles. The van der Waals surface area contributed by atoms with Crippen molar-refractivity contribution in [3.8, 4) is 0 Å². The Balaban J connectivity index is 2.23. The third-order valence-electron chi connectivity index (χ3n) is 4.94. The molecule has 2 rings (SSSR count). The molecule has 2 aromatic carbocycles. The van der Waals surface area contributed by atoms with Gasteiger partial charge < -0.3 is 10.2 Å². The summed E-state index contributed by atoms with van der Waals surface area (Å²) in [6.45, 7) is 8.14. The zero-order chi connectivity index (χ0) is 20.7. The molecule has 0 radical (unpaired) electrons. The second kappa shape index (κ2) is 10.3. The van der Waals surface area contributed by atoms with Crippen molar-refractivity contribution in [2.45, 2.75) is 59.2 Å². The third-order valence-corrected chi connectivity index (χ3v) is 5.31. The number of carbonyl (C=O) groups excluding carboxylic acids is 2. The third kappa shape index (κ3) is 6.10. The van der Waals surface area contributed by atoms with Gasteiger partial charge in [0.05, 0.1) is 6.42 Å². The van der Waals surface area contributed by atoms with Crippen molar-refractivity contribution >= 4 is 23.4 Å². The minimum Gasteiger partial charge on any atom is -0.352 e. The van der Waals surface area contributed by atoms with Crippen molar-refractivity contribution in [3.63, 3.8) is 0 Å². The standard InChI is InChI=1S/C23H29ClN2O2/c1-5-17(3)25-23(28)18(4)26(15-19-12-10-16(2)11-13-19)22(27)14-20-8-6-7-9-21(20)24/h6-13,17-18H,5,14-15H2,1-4H3,(H,25,28). The van der Waals surface area contributed by atoms with Crippen LogP contribution in [-0.4, -0.2) is 28.8 Å². The fourth-order valence-electron chi connectivity index (χ4n) is 2.84. The monoisotopic (exact) mass is 400 g/mol. The summed E-state index contributed by atoms with van der Waals surface area (Å²) in [6, 6.07) is 14.8. The van der Waals surface area contributed by atoms with Gasteiger partial charge in [-0.1, -0.05) is 66.6 Å². The van der Waals surface area contributed by atoms with Crippen LogP contribution in [0.4, 0.5) is 0 Å². The molecule has 2 aromatic rings. The van der Waals surface area contributed by atoms with E-state index >= 15 is 0 Å². The van der Waals surface area contributed by atoms with Crippen molar-refractivity contribution in [2.75, 3.05) is 0 Å². The molecule has 0 spiro atoms. The molecule has 5 heteroatoms. The maximum atomic E-state index is 13.1. The van der Waals surface area contributed by atoms with Gasteiger partial charge in [0.25, 0.3) is 0 Å². The Bertz CT molecular complexity index is 805. The van der Waals surface area contributed by atoms with Crippen LogP contribution in [0, 0.1) is 6.92 Å². The van der Waals surface area contributed by atoms with Gasteiger partial charge in [0.15, 0.2) is 0 Å². The second-order valence-corrected chi connectivity index (χ2v) is 7.68. The summed E-state index contributed by atoms with van der Waals surface area (Å²) in [5.41, 5.74) is 2.90. The zero-order valence-electron chi connectivity index (χ0n) is 17.0. The van der Waals surface area contributed by atoms with E-state index in [-0.39, 0.29) is 24.3 Å². The summed E-state index contributed by atoms with van der Waals surface area (Å²) in [6.07, 6.45) is 0.997. The Morgan fingerprint density at radius 1 is 1.07 bits per heavy atom. The van der Waals surface area contributed by atoms with Crippen LogP contribution in [0.15, 0.2) is 48.5 Å². The van der Waals surface area contributed by atoms with Crippen LogP contribution < -0.4 is 5.32 Å². The summed E-state index contributed by atoms with van der Waals surface area (Å²) in [5, 5.41) is 3.53. The van der Waals surface area contributed by atoms with Gasteiger partial charge >= 0.3 is 0 Å². The maximum absolute atomic E-state index is 13.1. The fraction of sp³-hybridized carbons (Fsp3) is 0.391. The molecule has 0 aromatic heterocycles. The molecule has 2 unspecified atom stereocenters. The number of aryl methyl sites for hydroxylation is 1. The summed E-state index contributed by atoms with van der Waals surface area (Å²) < 4.78 is 0. The largest absolute Gasteiger partial charge is 0.352 e. The van der Waals surface area contributed by atoms with Crippen LogP contribution in [0.5, 0.6) is 0 Å². The zero-order valence-corrected chi connectivity index (χ0v) is 17.8. The molecule has 0 heterocycles. The molecule has 1 N–H and O–H groups in total. The van der Waals surface area contributed by atoms with E-state index in [4.69, 9.17) is 11.6 Å². The van der Waals surface area contributed by atoms with Crippen LogP contribution >= 0.6 is 11.6 Å². The molecule has 0 aliphatic rings. The number of benzene rings is 2. The van der Waals surface area contributed by atoms with Crippen molar-refractivity contribution in [1.82, 2.24) is 10.2 Å². The normalized spacial score (nSPS) is 12.9. The highest BCUT2D eigenvalue weighted by Gasteiger charge is 2.27. The van der Waals surface area contributed by atoms with E-state index in [9.17, 15) is 9.59 Å². The van der Waals surface area contributed by atoms with Gasteiger partial charge in [0, 0.05) is 17.6 Å². The first kappa shape index (κ1) is 22.0. The van der Waals surface area contributed by atoms with E-state index in [0.717, 1.165) is 23.1 Å². The van der Waals surface area contributed by atoms with Gasteiger partial charge in [-0.05, 0) is 44.4 Å². The van der Waals surface area contributed by atoms with Crippen LogP contribution in [0.1, 0.15) is 43.9 Å². The Labute approximate surface area is 172 Å². The SMILES string of the molecule is CCC(C)NC(=O)C(C)N(Cc1ccc(C)cc1)C(=O)Cc1ccccc1Cl. The van der Waals surface area contributed by atoms with E-state index in [2.05, 4.69) is 5.32 Å². The highest BCUT2D eigenvalue weighted by molar-refractivity contribution is 6.31. The van der Waals surface area contributed by atoms with Gasteiger partial charge in [-0.25, -0.2) is 0 Å². The predicted molar refractivity (Wildman–Crippen MR) is 114 cm³/mol. The Morgan fingerprint density at radius 2 is 1.71 bits per heavy atom. The average Bonchev–Trinajstić information content (AvgIpc) is 2.68. The number of hydrogen-bond donors (Lipinski definition) is 1. The van der Waals surface area contributed by atoms with E-state index in [1.54, 1.807) is 17.9 Å². The Kier molecular flexibility index (Phi) is 8.06. The molecular weight excluding hydrogens is 372 g/mol.